The summed E-state index contributed by atoms with van der Waals surface area (Å²) in [5, 5.41) is 3.02. The van der Waals surface area contributed by atoms with Gasteiger partial charge in [0.2, 0.25) is 0 Å². The third-order valence-corrected chi connectivity index (χ3v) is 3.32. The number of alkyl halides is 2. The maximum absolute atomic E-state index is 13.1. The Kier molecular flexibility index (Phi) is 4.89. The molecule has 2 nitrogen and oxygen atoms in total. The van der Waals surface area contributed by atoms with Gasteiger partial charge in [-0.1, -0.05) is 22.0 Å². The number of hydrogen-bond donors (Lipinski definition) is 1. The van der Waals surface area contributed by atoms with Crippen LogP contribution in [0, 0.1) is 5.82 Å². The van der Waals surface area contributed by atoms with Crippen molar-refractivity contribution in [2.75, 3.05) is 5.32 Å². The van der Waals surface area contributed by atoms with Gasteiger partial charge in [0.15, 0.2) is 0 Å². The minimum Gasteiger partial charge on any atom is -0.435 e. The smallest absolute Gasteiger partial charge is 0.387 e. The van der Waals surface area contributed by atoms with Gasteiger partial charge < -0.3 is 10.1 Å². The van der Waals surface area contributed by atoms with Crippen LogP contribution in [0.3, 0.4) is 0 Å². The van der Waals surface area contributed by atoms with Gasteiger partial charge in [-0.2, -0.15) is 8.78 Å². The van der Waals surface area contributed by atoms with E-state index in [4.69, 9.17) is 0 Å². The zero-order valence-corrected chi connectivity index (χ0v) is 11.8. The van der Waals surface area contributed by atoms with E-state index in [1.165, 1.54) is 24.3 Å². The summed E-state index contributed by atoms with van der Waals surface area (Å²) in [6.45, 7) is -2.50. The molecule has 0 unspecified atom stereocenters. The van der Waals surface area contributed by atoms with E-state index in [0.717, 1.165) is 10.0 Å². The lowest BCUT2D eigenvalue weighted by molar-refractivity contribution is -0.0498. The molecule has 0 spiro atoms. The summed E-state index contributed by atoms with van der Waals surface area (Å²) in [4.78, 5) is 0. The summed E-state index contributed by atoms with van der Waals surface area (Å²) in [6.07, 6.45) is 0. The van der Waals surface area contributed by atoms with Gasteiger partial charge in [-0.05, 0) is 35.9 Å². The standard InChI is InChI=1S/C14H11BrF3NO/c15-13-5-4-10(16)6-9(13)8-19-11-2-1-3-12(7-11)20-14(17)18/h1-7,14,19H,8H2. The van der Waals surface area contributed by atoms with Crippen molar-refractivity contribution >= 4 is 21.6 Å². The average Bonchev–Trinajstić information content (AvgIpc) is 2.39. The van der Waals surface area contributed by atoms with Gasteiger partial charge in [0.05, 0.1) is 0 Å². The van der Waals surface area contributed by atoms with Gasteiger partial charge in [0.25, 0.3) is 0 Å². The highest BCUT2D eigenvalue weighted by atomic mass is 79.9. The normalized spacial score (nSPS) is 10.7. The predicted octanol–water partition coefficient (Wildman–Crippen LogP) is 4.80. The maximum Gasteiger partial charge on any atom is 0.387 e. The van der Waals surface area contributed by atoms with Gasteiger partial charge >= 0.3 is 6.61 Å². The highest BCUT2D eigenvalue weighted by Gasteiger charge is 2.05. The van der Waals surface area contributed by atoms with Crippen molar-refractivity contribution in [1.29, 1.82) is 0 Å². The van der Waals surface area contributed by atoms with Crippen molar-refractivity contribution in [3.05, 3.63) is 58.3 Å². The minimum absolute atomic E-state index is 0.0725. The molecule has 106 valence electrons. The molecule has 0 aliphatic rings. The van der Waals surface area contributed by atoms with Crippen molar-refractivity contribution in [1.82, 2.24) is 0 Å². The lowest BCUT2D eigenvalue weighted by Crippen LogP contribution is -2.04. The summed E-state index contributed by atoms with van der Waals surface area (Å²) in [6, 6.07) is 10.6. The Balaban J connectivity index is 2.05. The number of rotatable bonds is 5. The van der Waals surface area contributed by atoms with Crippen LogP contribution in [0.25, 0.3) is 0 Å². The molecule has 0 heterocycles. The van der Waals surface area contributed by atoms with Gasteiger partial charge in [-0.15, -0.1) is 0 Å². The highest BCUT2D eigenvalue weighted by molar-refractivity contribution is 9.10. The molecule has 20 heavy (non-hydrogen) atoms. The maximum atomic E-state index is 13.1. The first-order valence-electron chi connectivity index (χ1n) is 5.77. The van der Waals surface area contributed by atoms with Crippen LogP contribution in [0.2, 0.25) is 0 Å². The second kappa shape index (κ2) is 6.65. The molecule has 0 aliphatic carbocycles. The van der Waals surface area contributed by atoms with E-state index >= 15 is 0 Å². The molecule has 0 saturated heterocycles. The first-order valence-corrected chi connectivity index (χ1v) is 6.56. The molecule has 2 aromatic rings. The van der Waals surface area contributed by atoms with E-state index in [1.807, 2.05) is 0 Å². The van der Waals surface area contributed by atoms with Crippen molar-refractivity contribution < 1.29 is 17.9 Å². The minimum atomic E-state index is -2.86. The van der Waals surface area contributed by atoms with Crippen LogP contribution < -0.4 is 10.1 Å². The summed E-state index contributed by atoms with van der Waals surface area (Å²) >= 11 is 3.32. The van der Waals surface area contributed by atoms with Crippen LogP contribution in [-0.4, -0.2) is 6.61 Å². The van der Waals surface area contributed by atoms with Crippen molar-refractivity contribution in [3.8, 4) is 5.75 Å². The number of ether oxygens (including phenoxy) is 1. The second-order valence-corrected chi connectivity index (χ2v) is 4.85. The van der Waals surface area contributed by atoms with Crippen LogP contribution in [0.15, 0.2) is 46.9 Å². The Bertz CT molecular complexity index is 592. The molecule has 6 heteroatoms. The van der Waals surface area contributed by atoms with Crippen molar-refractivity contribution in [3.63, 3.8) is 0 Å². The monoisotopic (exact) mass is 345 g/mol. The molecular formula is C14H11BrF3NO. The molecule has 0 radical (unpaired) electrons. The predicted molar refractivity (Wildman–Crippen MR) is 74.5 cm³/mol. The van der Waals surface area contributed by atoms with Crippen LogP contribution in [-0.2, 0) is 6.54 Å². The number of halogens is 4. The fraction of sp³-hybridized carbons (Fsp3) is 0.143. The molecule has 2 rings (SSSR count). The van der Waals surface area contributed by atoms with Crippen LogP contribution in [0.5, 0.6) is 5.75 Å². The van der Waals surface area contributed by atoms with E-state index in [-0.39, 0.29) is 11.6 Å². The summed E-state index contributed by atoms with van der Waals surface area (Å²) in [5.74, 6) is -0.261. The van der Waals surface area contributed by atoms with Gasteiger partial charge in [-0.3, -0.25) is 0 Å². The third kappa shape index (κ3) is 4.16. The van der Waals surface area contributed by atoms with Gasteiger partial charge in [0, 0.05) is 22.8 Å². The third-order valence-electron chi connectivity index (χ3n) is 2.55. The lowest BCUT2D eigenvalue weighted by Gasteiger charge is -2.10. The molecule has 0 bridgehead atoms. The summed E-state index contributed by atoms with van der Waals surface area (Å²) in [7, 11) is 0. The zero-order chi connectivity index (χ0) is 14.5. The van der Waals surface area contributed by atoms with Crippen LogP contribution in [0.4, 0.5) is 18.9 Å². The Hall–Kier alpha value is -1.69. The van der Waals surface area contributed by atoms with Gasteiger partial charge in [-0.25, -0.2) is 4.39 Å². The molecule has 1 N–H and O–H groups in total. The number of benzene rings is 2. The first kappa shape index (κ1) is 14.7. The molecule has 0 fully saturated rings. The SMILES string of the molecule is Fc1ccc(Br)c(CNc2cccc(OC(F)F)c2)c1. The fourth-order valence-electron chi connectivity index (χ4n) is 1.66. The quantitative estimate of drug-likeness (QED) is 0.840. The van der Waals surface area contributed by atoms with E-state index in [0.29, 0.717) is 12.2 Å². The average molecular weight is 346 g/mol. The van der Waals surface area contributed by atoms with Crippen molar-refractivity contribution in [2.24, 2.45) is 0 Å². The number of hydrogen-bond acceptors (Lipinski definition) is 2. The first-order chi connectivity index (χ1) is 9.54. The molecule has 2 aromatic carbocycles. The fourth-order valence-corrected chi connectivity index (χ4v) is 2.05. The summed E-state index contributed by atoms with van der Waals surface area (Å²) < 4.78 is 42.4. The summed E-state index contributed by atoms with van der Waals surface area (Å²) in [5.41, 5.74) is 1.34. The molecule has 0 amide bonds. The van der Waals surface area contributed by atoms with E-state index < -0.39 is 6.61 Å². The number of anilines is 1. The second-order valence-electron chi connectivity index (χ2n) is 4.00. The van der Waals surface area contributed by atoms with E-state index in [9.17, 15) is 13.2 Å². The lowest BCUT2D eigenvalue weighted by atomic mass is 10.2. The van der Waals surface area contributed by atoms with Crippen molar-refractivity contribution in [2.45, 2.75) is 13.2 Å². The zero-order valence-electron chi connectivity index (χ0n) is 10.2. The van der Waals surface area contributed by atoms with E-state index in [2.05, 4.69) is 26.0 Å². The Labute approximate surface area is 122 Å². The van der Waals surface area contributed by atoms with Gasteiger partial charge in [0.1, 0.15) is 11.6 Å². The largest absolute Gasteiger partial charge is 0.435 e. The molecule has 0 atom stereocenters. The van der Waals surface area contributed by atoms with E-state index in [1.54, 1.807) is 18.2 Å². The molecule has 0 aliphatic heterocycles. The molecule has 0 aromatic heterocycles. The van der Waals surface area contributed by atoms with Crippen LogP contribution in [0.1, 0.15) is 5.56 Å². The molecule has 0 saturated carbocycles. The van der Waals surface area contributed by atoms with Crippen LogP contribution >= 0.6 is 15.9 Å². The number of nitrogens with one attached hydrogen (secondary N) is 1. The highest BCUT2D eigenvalue weighted by Crippen LogP contribution is 2.22. The molecular weight excluding hydrogens is 335 g/mol. The Morgan fingerprint density at radius 1 is 1.15 bits per heavy atom. The Morgan fingerprint density at radius 2 is 1.95 bits per heavy atom. The topological polar surface area (TPSA) is 21.3 Å². The Morgan fingerprint density at radius 3 is 2.70 bits per heavy atom.